The first-order chi connectivity index (χ1) is 10.8. The van der Waals surface area contributed by atoms with Crippen molar-refractivity contribution in [1.29, 1.82) is 0 Å². The molecule has 1 aliphatic heterocycles. The fraction of sp³-hybridized carbons (Fsp3) is 0.588. The molecule has 1 saturated carbocycles. The average Bonchev–Trinajstić information content (AvgIpc) is 3.39. The molecule has 0 radical (unpaired) electrons. The molecule has 1 aliphatic carbocycles. The first kappa shape index (κ1) is 20.9. The van der Waals surface area contributed by atoms with Gasteiger partial charge in [-0.15, -0.1) is 24.8 Å². The van der Waals surface area contributed by atoms with Crippen LogP contribution in [0.15, 0.2) is 24.3 Å². The van der Waals surface area contributed by atoms with E-state index in [1.165, 1.54) is 12.8 Å². The lowest BCUT2D eigenvalue weighted by molar-refractivity contribution is -0.130. The van der Waals surface area contributed by atoms with Crippen molar-refractivity contribution in [2.45, 2.75) is 12.8 Å². The van der Waals surface area contributed by atoms with Crippen LogP contribution in [-0.2, 0) is 4.79 Å². The zero-order valence-electron chi connectivity index (χ0n) is 14.1. The Morgan fingerprint density at radius 3 is 2.46 bits per heavy atom. The van der Waals surface area contributed by atoms with Gasteiger partial charge in [-0.1, -0.05) is 12.1 Å². The minimum absolute atomic E-state index is 0. The second kappa shape index (κ2) is 9.97. The summed E-state index contributed by atoms with van der Waals surface area (Å²) in [5, 5.41) is 3.28. The SMILES string of the molecule is COc1ccccc1N1CCN(C(=O)CNCC2CC2)CC1.Cl.Cl. The molecular weight excluding hydrogens is 349 g/mol. The smallest absolute Gasteiger partial charge is 0.236 e. The van der Waals surface area contributed by atoms with Crippen LogP contribution in [0.3, 0.4) is 0 Å². The van der Waals surface area contributed by atoms with E-state index >= 15 is 0 Å². The molecule has 1 N–H and O–H groups in total. The molecule has 0 spiro atoms. The minimum Gasteiger partial charge on any atom is -0.495 e. The van der Waals surface area contributed by atoms with Crippen LogP contribution in [0, 0.1) is 5.92 Å². The Hall–Kier alpha value is -1.17. The molecule has 1 amide bonds. The number of piperazine rings is 1. The molecule has 2 aliphatic rings. The van der Waals surface area contributed by atoms with Crippen molar-refractivity contribution in [3.05, 3.63) is 24.3 Å². The highest BCUT2D eigenvalue weighted by atomic mass is 35.5. The van der Waals surface area contributed by atoms with Gasteiger partial charge < -0.3 is 19.9 Å². The van der Waals surface area contributed by atoms with Crippen molar-refractivity contribution < 1.29 is 9.53 Å². The molecule has 0 atom stereocenters. The zero-order valence-corrected chi connectivity index (χ0v) is 15.7. The van der Waals surface area contributed by atoms with E-state index in [0.29, 0.717) is 6.54 Å². The van der Waals surface area contributed by atoms with E-state index in [2.05, 4.69) is 16.3 Å². The molecular formula is C17H27Cl2N3O2. The van der Waals surface area contributed by atoms with Crippen molar-refractivity contribution in [1.82, 2.24) is 10.2 Å². The van der Waals surface area contributed by atoms with Gasteiger partial charge in [0.25, 0.3) is 0 Å². The predicted octanol–water partition coefficient (Wildman–Crippen LogP) is 2.19. The molecule has 1 heterocycles. The summed E-state index contributed by atoms with van der Waals surface area (Å²) in [5.74, 6) is 1.93. The number of rotatable bonds is 6. The number of ether oxygens (including phenoxy) is 1. The van der Waals surface area contributed by atoms with E-state index in [1.807, 2.05) is 23.1 Å². The topological polar surface area (TPSA) is 44.8 Å². The summed E-state index contributed by atoms with van der Waals surface area (Å²) in [6.45, 7) is 4.74. The Balaban J connectivity index is 0.00000144. The van der Waals surface area contributed by atoms with Gasteiger partial charge in [-0.25, -0.2) is 0 Å². The van der Waals surface area contributed by atoms with Crippen molar-refractivity contribution in [2.75, 3.05) is 51.3 Å². The third-order valence-corrected chi connectivity index (χ3v) is 4.46. The van der Waals surface area contributed by atoms with Gasteiger partial charge in [0.1, 0.15) is 5.75 Å². The Labute approximate surface area is 156 Å². The van der Waals surface area contributed by atoms with E-state index < -0.39 is 0 Å². The summed E-state index contributed by atoms with van der Waals surface area (Å²) in [4.78, 5) is 16.4. The fourth-order valence-electron chi connectivity index (χ4n) is 2.90. The average molecular weight is 376 g/mol. The largest absolute Gasteiger partial charge is 0.495 e. The zero-order chi connectivity index (χ0) is 15.4. The summed E-state index contributed by atoms with van der Waals surface area (Å²) in [6, 6.07) is 8.06. The summed E-state index contributed by atoms with van der Waals surface area (Å²) in [6.07, 6.45) is 2.64. The molecule has 5 nitrogen and oxygen atoms in total. The normalized spacial score (nSPS) is 16.9. The maximum atomic E-state index is 12.2. The molecule has 1 aromatic carbocycles. The number of amides is 1. The molecule has 0 unspecified atom stereocenters. The summed E-state index contributed by atoms with van der Waals surface area (Å²) >= 11 is 0. The van der Waals surface area contributed by atoms with Gasteiger partial charge in [-0.05, 0) is 37.4 Å². The van der Waals surface area contributed by atoms with Gasteiger partial charge in [0.2, 0.25) is 5.91 Å². The number of nitrogens with zero attached hydrogens (tertiary/aromatic N) is 2. The van der Waals surface area contributed by atoms with Crippen LogP contribution < -0.4 is 15.0 Å². The second-order valence-corrected chi connectivity index (χ2v) is 6.11. The number of hydrogen-bond donors (Lipinski definition) is 1. The van der Waals surface area contributed by atoms with Gasteiger partial charge in [0, 0.05) is 26.2 Å². The number of halogens is 2. The lowest BCUT2D eigenvalue weighted by atomic mass is 10.2. The number of benzene rings is 1. The molecule has 136 valence electrons. The van der Waals surface area contributed by atoms with Crippen LogP contribution in [0.4, 0.5) is 5.69 Å². The monoisotopic (exact) mass is 375 g/mol. The third kappa shape index (κ3) is 5.43. The molecule has 24 heavy (non-hydrogen) atoms. The standard InChI is InChI=1S/C17H25N3O2.2ClH/c1-22-16-5-3-2-4-15(16)19-8-10-20(11-9-19)17(21)13-18-12-14-6-7-14;;/h2-5,14,18H,6-13H2,1H3;2*1H. The molecule has 3 rings (SSSR count). The number of methoxy groups -OCH3 is 1. The third-order valence-electron chi connectivity index (χ3n) is 4.46. The molecule has 1 aromatic rings. The van der Waals surface area contributed by atoms with Crippen LogP contribution in [0.2, 0.25) is 0 Å². The van der Waals surface area contributed by atoms with Crippen LogP contribution in [0.25, 0.3) is 0 Å². The Bertz CT molecular complexity index is 518. The highest BCUT2D eigenvalue weighted by molar-refractivity contribution is 5.85. The van der Waals surface area contributed by atoms with Gasteiger partial charge in [0.15, 0.2) is 0 Å². The van der Waals surface area contributed by atoms with E-state index in [1.54, 1.807) is 7.11 Å². The van der Waals surface area contributed by atoms with Crippen molar-refractivity contribution in [2.24, 2.45) is 5.92 Å². The van der Waals surface area contributed by atoms with Crippen molar-refractivity contribution in [3.63, 3.8) is 0 Å². The van der Waals surface area contributed by atoms with Gasteiger partial charge in [-0.3, -0.25) is 4.79 Å². The van der Waals surface area contributed by atoms with Crippen molar-refractivity contribution >= 4 is 36.4 Å². The van der Waals surface area contributed by atoms with E-state index in [-0.39, 0.29) is 30.7 Å². The van der Waals surface area contributed by atoms with Crippen LogP contribution in [0.5, 0.6) is 5.75 Å². The fourth-order valence-corrected chi connectivity index (χ4v) is 2.90. The van der Waals surface area contributed by atoms with E-state index in [9.17, 15) is 4.79 Å². The first-order valence-electron chi connectivity index (χ1n) is 8.14. The molecule has 7 heteroatoms. The molecule has 0 bridgehead atoms. The van der Waals surface area contributed by atoms with Gasteiger partial charge in [0.05, 0.1) is 19.3 Å². The minimum atomic E-state index is 0. The second-order valence-electron chi connectivity index (χ2n) is 6.11. The van der Waals surface area contributed by atoms with E-state index in [4.69, 9.17) is 4.74 Å². The number of carbonyl (C=O) groups is 1. The van der Waals surface area contributed by atoms with Crippen LogP contribution >= 0.6 is 24.8 Å². The predicted molar refractivity (Wildman–Crippen MR) is 102 cm³/mol. The number of carbonyl (C=O) groups excluding carboxylic acids is 1. The summed E-state index contributed by atoms with van der Waals surface area (Å²) < 4.78 is 5.42. The maximum absolute atomic E-state index is 12.2. The number of para-hydroxylation sites is 2. The van der Waals surface area contributed by atoms with Crippen LogP contribution in [0.1, 0.15) is 12.8 Å². The number of anilines is 1. The molecule has 1 saturated heterocycles. The van der Waals surface area contributed by atoms with E-state index in [0.717, 1.165) is 50.1 Å². The highest BCUT2D eigenvalue weighted by Gasteiger charge is 2.24. The van der Waals surface area contributed by atoms with Gasteiger partial charge >= 0.3 is 0 Å². The Morgan fingerprint density at radius 1 is 1.17 bits per heavy atom. The maximum Gasteiger partial charge on any atom is 0.236 e. The first-order valence-corrected chi connectivity index (χ1v) is 8.14. The number of hydrogen-bond acceptors (Lipinski definition) is 4. The molecule has 2 fully saturated rings. The number of nitrogens with one attached hydrogen (secondary N) is 1. The lowest BCUT2D eigenvalue weighted by Gasteiger charge is -2.36. The van der Waals surface area contributed by atoms with Gasteiger partial charge in [-0.2, -0.15) is 0 Å². The Morgan fingerprint density at radius 2 is 1.83 bits per heavy atom. The summed E-state index contributed by atoms with van der Waals surface area (Å²) in [7, 11) is 1.70. The van der Waals surface area contributed by atoms with Crippen molar-refractivity contribution in [3.8, 4) is 5.75 Å². The Kier molecular flexibility index (Phi) is 8.67. The van der Waals surface area contributed by atoms with Crippen LogP contribution in [-0.4, -0.2) is 57.2 Å². The highest BCUT2D eigenvalue weighted by Crippen LogP contribution is 2.28. The summed E-state index contributed by atoms with van der Waals surface area (Å²) in [5.41, 5.74) is 1.11. The molecule has 0 aromatic heterocycles. The quantitative estimate of drug-likeness (QED) is 0.827. The lowest BCUT2D eigenvalue weighted by Crippen LogP contribution is -2.51.